The van der Waals surface area contributed by atoms with Crippen molar-refractivity contribution in [2.45, 2.75) is 70.0 Å². The van der Waals surface area contributed by atoms with Gasteiger partial charge in [-0.05, 0) is 86.2 Å². The van der Waals surface area contributed by atoms with Crippen LogP contribution >= 0.6 is 0 Å². The molecule has 9 nitrogen and oxygen atoms in total. The summed E-state index contributed by atoms with van der Waals surface area (Å²) < 4.78 is 56.7. The van der Waals surface area contributed by atoms with Gasteiger partial charge in [-0.3, -0.25) is 9.59 Å². The average Bonchev–Trinajstić information content (AvgIpc) is 3.03. The van der Waals surface area contributed by atoms with Crippen LogP contribution in [0.1, 0.15) is 64.1 Å². The third kappa shape index (κ3) is 9.01. The summed E-state index contributed by atoms with van der Waals surface area (Å²) in [6, 6.07) is 12.6. The Labute approximate surface area is 276 Å². The molecule has 3 N–H and O–H groups in total. The van der Waals surface area contributed by atoms with Gasteiger partial charge in [0.1, 0.15) is 11.6 Å². The minimum Gasteiger partial charge on any atom is -0.389 e. The molecular formula is C35H44F2N4O5S. The van der Waals surface area contributed by atoms with E-state index >= 15 is 0 Å². The molecule has 0 aliphatic carbocycles. The second kappa shape index (κ2) is 15.9. The van der Waals surface area contributed by atoms with Crippen LogP contribution in [0.15, 0.2) is 65.6 Å². The zero-order chi connectivity index (χ0) is 34.3. The molecule has 1 heterocycles. The van der Waals surface area contributed by atoms with E-state index in [-0.39, 0.29) is 48.0 Å². The van der Waals surface area contributed by atoms with Gasteiger partial charge in [0.15, 0.2) is 0 Å². The zero-order valence-corrected chi connectivity index (χ0v) is 28.1. The predicted molar refractivity (Wildman–Crippen MR) is 177 cm³/mol. The number of carbonyl (C=O) groups excluding carboxylic acids is 2. The Balaban J connectivity index is 1.62. The van der Waals surface area contributed by atoms with Gasteiger partial charge < -0.3 is 20.6 Å². The predicted octanol–water partition coefficient (Wildman–Crippen LogP) is 4.21. The van der Waals surface area contributed by atoms with Gasteiger partial charge in [-0.1, -0.05) is 32.0 Å². The van der Waals surface area contributed by atoms with Crippen LogP contribution in [0.3, 0.4) is 0 Å². The van der Waals surface area contributed by atoms with Gasteiger partial charge in [0.05, 0.1) is 17.0 Å². The number of sulfonamides is 1. The Morgan fingerprint density at radius 1 is 1.00 bits per heavy atom. The van der Waals surface area contributed by atoms with Crippen molar-refractivity contribution >= 4 is 21.8 Å². The van der Waals surface area contributed by atoms with Gasteiger partial charge in [-0.15, -0.1) is 0 Å². The van der Waals surface area contributed by atoms with Gasteiger partial charge >= 0.3 is 0 Å². The summed E-state index contributed by atoms with van der Waals surface area (Å²) in [5.41, 5.74) is 2.01. The molecule has 1 saturated heterocycles. The Hall–Kier alpha value is -3.71. The second-order valence-electron chi connectivity index (χ2n) is 12.1. The highest BCUT2D eigenvalue weighted by Crippen LogP contribution is 2.23. The lowest BCUT2D eigenvalue weighted by molar-refractivity contribution is 0.0600. The second-order valence-corrected chi connectivity index (χ2v) is 14.0. The van der Waals surface area contributed by atoms with Crippen molar-refractivity contribution in [1.82, 2.24) is 19.8 Å². The normalized spacial score (nSPS) is 16.8. The maximum Gasteiger partial charge on any atom is 0.253 e. The summed E-state index contributed by atoms with van der Waals surface area (Å²) in [4.78, 5) is 29.0. The molecule has 1 aliphatic rings. The van der Waals surface area contributed by atoms with E-state index < -0.39 is 45.8 Å². The first-order valence-electron chi connectivity index (χ1n) is 16.0. The van der Waals surface area contributed by atoms with Crippen LogP contribution in [-0.4, -0.2) is 85.5 Å². The van der Waals surface area contributed by atoms with E-state index in [2.05, 4.69) is 10.6 Å². The van der Waals surface area contributed by atoms with Crippen molar-refractivity contribution in [1.29, 1.82) is 0 Å². The molecule has 0 aromatic heterocycles. The smallest absolute Gasteiger partial charge is 0.253 e. The molecule has 1 fully saturated rings. The number of hydrogen-bond acceptors (Lipinski definition) is 6. The highest BCUT2D eigenvalue weighted by Gasteiger charge is 2.37. The summed E-state index contributed by atoms with van der Waals surface area (Å²) in [6.45, 7) is 8.90. The van der Waals surface area contributed by atoms with E-state index in [1.165, 1.54) is 16.4 Å². The molecular weight excluding hydrogens is 626 g/mol. The minimum atomic E-state index is -3.89. The van der Waals surface area contributed by atoms with Crippen molar-refractivity contribution in [3.05, 3.63) is 100 Å². The lowest BCUT2D eigenvalue weighted by atomic mass is 9.94. The highest BCUT2D eigenvalue weighted by atomic mass is 32.2. The first-order valence-corrected chi connectivity index (χ1v) is 17.4. The third-order valence-corrected chi connectivity index (χ3v) is 10.3. The molecule has 3 aromatic rings. The van der Waals surface area contributed by atoms with Gasteiger partial charge in [-0.25, -0.2) is 17.2 Å². The molecule has 1 aliphatic heterocycles. The number of nitrogens with zero attached hydrogens (tertiary/aromatic N) is 2. The number of rotatable bonds is 13. The zero-order valence-electron chi connectivity index (χ0n) is 27.3. The molecule has 0 radical (unpaired) electrons. The maximum atomic E-state index is 14.2. The van der Waals surface area contributed by atoms with Crippen molar-refractivity contribution in [2.75, 3.05) is 32.7 Å². The van der Waals surface area contributed by atoms with Crippen LogP contribution in [0.4, 0.5) is 8.78 Å². The molecule has 1 unspecified atom stereocenters. The molecule has 0 saturated carbocycles. The van der Waals surface area contributed by atoms with E-state index in [4.69, 9.17) is 0 Å². The lowest BCUT2D eigenvalue weighted by Crippen LogP contribution is -2.62. The molecule has 0 bridgehead atoms. The van der Waals surface area contributed by atoms with Crippen LogP contribution in [0.5, 0.6) is 0 Å². The van der Waals surface area contributed by atoms with E-state index in [0.29, 0.717) is 29.8 Å². The maximum absolute atomic E-state index is 14.2. The molecule has 47 heavy (non-hydrogen) atoms. The van der Waals surface area contributed by atoms with Gasteiger partial charge in [0, 0.05) is 56.0 Å². The topological polar surface area (TPSA) is 119 Å². The number of piperazine rings is 1. The number of halogens is 2. The van der Waals surface area contributed by atoms with Crippen LogP contribution in [0, 0.1) is 25.5 Å². The number of amides is 2. The van der Waals surface area contributed by atoms with E-state index in [0.717, 1.165) is 31.0 Å². The fourth-order valence-corrected chi connectivity index (χ4v) is 7.72. The molecule has 254 valence electrons. The summed E-state index contributed by atoms with van der Waals surface area (Å²) >= 11 is 0. The Bertz CT molecular complexity index is 1660. The van der Waals surface area contributed by atoms with Crippen LogP contribution in [-0.2, 0) is 16.4 Å². The van der Waals surface area contributed by atoms with Crippen LogP contribution in [0.2, 0.25) is 0 Å². The van der Waals surface area contributed by atoms with Crippen LogP contribution in [0.25, 0.3) is 0 Å². The summed E-state index contributed by atoms with van der Waals surface area (Å²) in [5, 5.41) is 17.7. The fourth-order valence-electron chi connectivity index (χ4n) is 6.03. The van der Waals surface area contributed by atoms with Crippen molar-refractivity contribution in [3.8, 4) is 0 Å². The van der Waals surface area contributed by atoms with E-state index in [1.54, 1.807) is 49.1 Å². The Kier molecular flexibility index (Phi) is 12.2. The number of aliphatic hydroxyl groups excluding tert-OH is 1. The minimum absolute atomic E-state index is 0.102. The molecule has 3 atom stereocenters. The van der Waals surface area contributed by atoms with Crippen molar-refractivity contribution in [3.63, 3.8) is 0 Å². The SMILES string of the molecule is CCCN(CCC)C(=O)c1cc(C)cc(C(=O)N[C@@H](Cc2cc(F)cc(F)c2)[C@H](O)C2CN(S(=O)(=O)c3ccccc3C)CCN2)c1. The fraction of sp³-hybridized carbons (Fsp3) is 0.429. The van der Waals surface area contributed by atoms with Crippen LogP contribution < -0.4 is 10.6 Å². The standard InChI is InChI=1S/C35H44F2N4O5S/c1-5-12-40(13-6-2)35(44)27-16-23(3)15-26(20-27)34(43)39-30(19-25-17-28(36)21-29(37)18-25)33(42)31-22-41(14-11-38-31)47(45,46)32-10-8-7-9-24(32)4/h7-10,15-18,20-21,30-31,33,38,42H,5-6,11-14,19,22H2,1-4H3,(H,39,43)/t30-,31?,33-/m0/s1. The summed E-state index contributed by atoms with van der Waals surface area (Å²) in [6.07, 6.45) is 0.0483. The largest absolute Gasteiger partial charge is 0.389 e. The molecule has 0 spiro atoms. The number of aryl methyl sites for hydroxylation is 2. The molecule has 2 amide bonds. The monoisotopic (exact) mass is 670 g/mol. The number of benzene rings is 3. The number of aliphatic hydroxyl groups is 1. The molecule has 3 aromatic carbocycles. The first kappa shape index (κ1) is 36.1. The quantitative estimate of drug-likeness (QED) is 0.251. The lowest BCUT2D eigenvalue weighted by Gasteiger charge is -2.38. The van der Waals surface area contributed by atoms with Gasteiger partial charge in [0.2, 0.25) is 10.0 Å². The van der Waals surface area contributed by atoms with Gasteiger partial charge in [-0.2, -0.15) is 4.31 Å². The number of carbonyl (C=O) groups is 2. The van der Waals surface area contributed by atoms with Gasteiger partial charge in [0.25, 0.3) is 11.8 Å². The first-order chi connectivity index (χ1) is 22.3. The van der Waals surface area contributed by atoms with E-state index in [9.17, 15) is 31.9 Å². The van der Waals surface area contributed by atoms with Crippen molar-refractivity contribution < 1.29 is 31.9 Å². The summed E-state index contributed by atoms with van der Waals surface area (Å²) in [7, 11) is -3.89. The number of hydrogen-bond donors (Lipinski definition) is 3. The van der Waals surface area contributed by atoms with E-state index in [1.807, 2.05) is 13.8 Å². The molecule has 4 rings (SSSR count). The third-order valence-electron chi connectivity index (χ3n) is 8.26. The Morgan fingerprint density at radius 2 is 1.64 bits per heavy atom. The Morgan fingerprint density at radius 3 is 2.28 bits per heavy atom. The average molecular weight is 671 g/mol. The molecule has 12 heteroatoms. The van der Waals surface area contributed by atoms with Crippen molar-refractivity contribution in [2.24, 2.45) is 0 Å². The number of nitrogens with one attached hydrogen (secondary N) is 2. The highest BCUT2D eigenvalue weighted by molar-refractivity contribution is 7.89. The summed E-state index contributed by atoms with van der Waals surface area (Å²) in [5.74, 6) is -2.41.